The Morgan fingerprint density at radius 2 is 1.95 bits per heavy atom. The summed E-state index contributed by atoms with van der Waals surface area (Å²) in [6, 6.07) is 15.3. The highest BCUT2D eigenvalue weighted by molar-refractivity contribution is 5.98. The van der Waals surface area contributed by atoms with Crippen LogP contribution >= 0.6 is 0 Å². The van der Waals surface area contributed by atoms with Crippen LogP contribution in [0.25, 0.3) is 38.8 Å². The molecule has 6 aromatic rings. The average Bonchev–Trinajstić information content (AvgIpc) is 3.64. The molecule has 1 aliphatic heterocycles. The standard InChI is InChI=1S/C30H31N7/c1-19(2)28-24-15-21(6-7-26(24)34-29(28)23-8-11-31-30-25(23)16-32-35-30)20-9-13-36(14-10-20)17-22-18-37-12-4-3-5-27(37)33-22/h3-8,11-12,15-16,18-20,34H,9-10,13-14,17H2,1-2H3,(H,31,32,35). The van der Waals surface area contributed by atoms with Gasteiger partial charge in [0.2, 0.25) is 0 Å². The first-order valence-electron chi connectivity index (χ1n) is 13.2. The number of imidazole rings is 1. The topological polar surface area (TPSA) is 77.9 Å². The molecular weight excluding hydrogens is 458 g/mol. The number of nitrogens with zero attached hydrogens (tertiary/aromatic N) is 5. The van der Waals surface area contributed by atoms with Crippen LogP contribution in [0.5, 0.6) is 0 Å². The molecule has 186 valence electrons. The molecule has 0 atom stereocenters. The number of rotatable bonds is 5. The number of hydrogen-bond donors (Lipinski definition) is 2. The number of fused-ring (bicyclic) bond motifs is 3. The van der Waals surface area contributed by atoms with Crippen molar-refractivity contribution in [3.63, 3.8) is 0 Å². The third-order valence-corrected chi connectivity index (χ3v) is 7.92. The summed E-state index contributed by atoms with van der Waals surface area (Å²) in [6.07, 6.45) is 10.3. The first kappa shape index (κ1) is 22.2. The molecule has 0 radical (unpaired) electrons. The zero-order valence-corrected chi connectivity index (χ0v) is 21.3. The highest BCUT2D eigenvalue weighted by Gasteiger charge is 2.24. The Morgan fingerprint density at radius 1 is 1.05 bits per heavy atom. The maximum absolute atomic E-state index is 4.80. The lowest BCUT2D eigenvalue weighted by atomic mass is 9.87. The number of hydrogen-bond acceptors (Lipinski definition) is 4. The molecule has 1 aromatic carbocycles. The quantitative estimate of drug-likeness (QED) is 0.300. The third kappa shape index (κ3) is 3.90. The SMILES string of the molecule is CC(C)c1c(-c2ccnc3[nH]ncc23)[nH]c2ccc(C3CCN(Cc4cn5ccccc5n4)CC3)cc12. The fourth-order valence-electron chi connectivity index (χ4n) is 6.08. The van der Waals surface area contributed by atoms with E-state index in [0.29, 0.717) is 11.8 Å². The van der Waals surface area contributed by atoms with E-state index in [4.69, 9.17) is 4.98 Å². The summed E-state index contributed by atoms with van der Waals surface area (Å²) >= 11 is 0. The Kier molecular flexibility index (Phi) is 5.32. The van der Waals surface area contributed by atoms with Gasteiger partial charge in [-0.1, -0.05) is 26.0 Å². The summed E-state index contributed by atoms with van der Waals surface area (Å²) in [4.78, 5) is 15.5. The Balaban J connectivity index is 1.15. The molecule has 0 saturated carbocycles. The van der Waals surface area contributed by atoms with Gasteiger partial charge in [0.1, 0.15) is 5.65 Å². The number of aromatic nitrogens is 6. The maximum atomic E-state index is 4.80. The molecule has 5 aromatic heterocycles. The van der Waals surface area contributed by atoms with Gasteiger partial charge >= 0.3 is 0 Å². The van der Waals surface area contributed by atoms with E-state index < -0.39 is 0 Å². The van der Waals surface area contributed by atoms with Gasteiger partial charge in [0, 0.05) is 47.0 Å². The summed E-state index contributed by atoms with van der Waals surface area (Å²) in [5.74, 6) is 0.975. The second-order valence-corrected chi connectivity index (χ2v) is 10.6. The minimum absolute atomic E-state index is 0.390. The lowest BCUT2D eigenvalue weighted by molar-refractivity contribution is 0.203. The van der Waals surface area contributed by atoms with Gasteiger partial charge in [0.05, 0.1) is 17.6 Å². The van der Waals surface area contributed by atoms with Gasteiger partial charge in [0.15, 0.2) is 5.65 Å². The minimum Gasteiger partial charge on any atom is -0.354 e. The summed E-state index contributed by atoms with van der Waals surface area (Å²) < 4.78 is 2.11. The summed E-state index contributed by atoms with van der Waals surface area (Å²) in [6.45, 7) is 7.68. The summed E-state index contributed by atoms with van der Waals surface area (Å²) in [7, 11) is 0. The van der Waals surface area contributed by atoms with E-state index in [0.717, 1.165) is 47.6 Å². The first-order valence-corrected chi connectivity index (χ1v) is 13.2. The molecule has 37 heavy (non-hydrogen) atoms. The minimum atomic E-state index is 0.390. The van der Waals surface area contributed by atoms with Gasteiger partial charge < -0.3 is 9.38 Å². The molecule has 6 heterocycles. The maximum Gasteiger partial charge on any atom is 0.155 e. The molecule has 7 rings (SSSR count). The van der Waals surface area contributed by atoms with Crippen molar-refractivity contribution in [2.45, 2.75) is 45.1 Å². The van der Waals surface area contributed by atoms with Crippen LogP contribution < -0.4 is 0 Å². The van der Waals surface area contributed by atoms with E-state index in [2.05, 4.69) is 86.0 Å². The van der Waals surface area contributed by atoms with E-state index in [1.807, 2.05) is 24.5 Å². The lowest BCUT2D eigenvalue weighted by Crippen LogP contribution is -2.32. The highest BCUT2D eigenvalue weighted by Crippen LogP contribution is 2.39. The molecule has 1 saturated heterocycles. The van der Waals surface area contributed by atoms with E-state index in [1.54, 1.807) is 0 Å². The Bertz CT molecular complexity index is 1680. The van der Waals surface area contributed by atoms with Crippen molar-refractivity contribution in [1.82, 2.24) is 34.4 Å². The van der Waals surface area contributed by atoms with Gasteiger partial charge in [-0.2, -0.15) is 5.10 Å². The van der Waals surface area contributed by atoms with Crippen LogP contribution in [0.3, 0.4) is 0 Å². The van der Waals surface area contributed by atoms with Crippen LogP contribution in [0.2, 0.25) is 0 Å². The number of benzene rings is 1. The number of piperidine rings is 1. The number of nitrogens with one attached hydrogen (secondary N) is 2. The number of aromatic amines is 2. The van der Waals surface area contributed by atoms with E-state index in [9.17, 15) is 0 Å². The largest absolute Gasteiger partial charge is 0.354 e. The van der Waals surface area contributed by atoms with Crippen LogP contribution in [0.1, 0.15) is 55.3 Å². The second kappa shape index (κ2) is 8.85. The predicted molar refractivity (Wildman–Crippen MR) is 148 cm³/mol. The normalized spacial score (nSPS) is 15.5. The van der Waals surface area contributed by atoms with E-state index in [-0.39, 0.29) is 0 Å². The summed E-state index contributed by atoms with van der Waals surface area (Å²) in [5.41, 5.74) is 9.34. The Labute approximate surface area is 215 Å². The monoisotopic (exact) mass is 489 g/mol. The number of H-pyrrole nitrogens is 2. The van der Waals surface area contributed by atoms with Crippen molar-refractivity contribution in [1.29, 1.82) is 0 Å². The van der Waals surface area contributed by atoms with Crippen molar-refractivity contribution in [2.75, 3.05) is 13.1 Å². The second-order valence-electron chi connectivity index (χ2n) is 10.6. The van der Waals surface area contributed by atoms with Crippen LogP contribution in [0.4, 0.5) is 0 Å². The molecule has 7 heteroatoms. The molecule has 0 aliphatic carbocycles. The van der Waals surface area contributed by atoms with Gasteiger partial charge in [-0.15, -0.1) is 0 Å². The molecule has 0 bridgehead atoms. The number of pyridine rings is 2. The molecule has 1 aliphatic rings. The fraction of sp³-hybridized carbons (Fsp3) is 0.300. The highest BCUT2D eigenvalue weighted by atomic mass is 15.1. The molecule has 7 nitrogen and oxygen atoms in total. The number of likely N-dealkylation sites (tertiary alicyclic amines) is 1. The first-order chi connectivity index (χ1) is 18.1. The summed E-state index contributed by atoms with van der Waals surface area (Å²) in [5, 5.41) is 9.62. The van der Waals surface area contributed by atoms with Crippen molar-refractivity contribution >= 4 is 27.6 Å². The molecule has 1 fully saturated rings. The Morgan fingerprint density at radius 3 is 2.78 bits per heavy atom. The Hall–Kier alpha value is -3.97. The molecule has 0 unspecified atom stereocenters. The van der Waals surface area contributed by atoms with Crippen LogP contribution in [0, 0.1) is 0 Å². The predicted octanol–water partition coefficient (Wildman–Crippen LogP) is 6.26. The van der Waals surface area contributed by atoms with Crippen molar-refractivity contribution < 1.29 is 0 Å². The molecule has 0 amide bonds. The van der Waals surface area contributed by atoms with Crippen molar-refractivity contribution in [3.8, 4) is 11.3 Å². The lowest BCUT2D eigenvalue weighted by Gasteiger charge is -2.31. The van der Waals surface area contributed by atoms with E-state index >= 15 is 0 Å². The van der Waals surface area contributed by atoms with Crippen molar-refractivity contribution in [3.05, 3.63) is 84.1 Å². The van der Waals surface area contributed by atoms with Gasteiger partial charge in [-0.05, 0) is 79.2 Å². The van der Waals surface area contributed by atoms with Gasteiger partial charge in [-0.25, -0.2) is 9.97 Å². The smallest absolute Gasteiger partial charge is 0.155 e. The molecular formula is C30H31N7. The fourth-order valence-corrected chi connectivity index (χ4v) is 6.08. The van der Waals surface area contributed by atoms with E-state index in [1.165, 1.54) is 40.6 Å². The van der Waals surface area contributed by atoms with Crippen LogP contribution in [-0.4, -0.2) is 47.5 Å². The van der Waals surface area contributed by atoms with Gasteiger partial charge in [0.25, 0.3) is 0 Å². The van der Waals surface area contributed by atoms with Gasteiger partial charge in [-0.3, -0.25) is 10.00 Å². The molecule has 0 spiro atoms. The third-order valence-electron chi connectivity index (χ3n) is 7.92. The average molecular weight is 490 g/mol. The van der Waals surface area contributed by atoms with Crippen LogP contribution in [-0.2, 0) is 6.54 Å². The van der Waals surface area contributed by atoms with Crippen molar-refractivity contribution in [2.24, 2.45) is 0 Å². The zero-order chi connectivity index (χ0) is 24.9. The molecule has 2 N–H and O–H groups in total. The zero-order valence-electron chi connectivity index (χ0n) is 21.3. The van der Waals surface area contributed by atoms with Crippen LogP contribution in [0.15, 0.2) is 67.3 Å².